The molecule has 0 atom stereocenters. The second kappa shape index (κ2) is 8.89. The van der Waals surface area contributed by atoms with Crippen LogP contribution in [0.25, 0.3) is 0 Å². The summed E-state index contributed by atoms with van der Waals surface area (Å²) in [5.41, 5.74) is 2.35. The van der Waals surface area contributed by atoms with Crippen LogP contribution in [-0.2, 0) is 13.1 Å². The van der Waals surface area contributed by atoms with E-state index in [1.807, 2.05) is 36.4 Å². The normalized spacial score (nSPS) is 10.4. The molecule has 0 saturated heterocycles. The molecular weight excluding hydrogens is 338 g/mol. The van der Waals surface area contributed by atoms with Crippen molar-refractivity contribution in [1.82, 2.24) is 20.3 Å². The molecule has 3 rings (SSSR count). The number of aromatic nitrogens is 3. The minimum Gasteiger partial charge on any atom is -0.352 e. The highest BCUT2D eigenvalue weighted by atomic mass is 16.1. The van der Waals surface area contributed by atoms with Crippen LogP contribution in [0.3, 0.4) is 0 Å². The van der Waals surface area contributed by atoms with E-state index in [4.69, 9.17) is 0 Å². The molecule has 0 spiro atoms. The predicted molar refractivity (Wildman–Crippen MR) is 105 cm³/mol. The Balaban J connectivity index is 1.75. The smallest absolute Gasteiger partial charge is 0.270 e. The lowest BCUT2D eigenvalue weighted by Gasteiger charge is -2.22. The average Bonchev–Trinajstić information content (AvgIpc) is 2.71. The third-order valence-electron chi connectivity index (χ3n) is 4.14. The Morgan fingerprint density at radius 3 is 2.56 bits per heavy atom. The van der Waals surface area contributed by atoms with Crippen molar-refractivity contribution < 1.29 is 4.79 Å². The summed E-state index contributed by atoms with van der Waals surface area (Å²) in [4.78, 5) is 27.7. The van der Waals surface area contributed by atoms with Gasteiger partial charge in [0.15, 0.2) is 0 Å². The summed E-state index contributed by atoms with van der Waals surface area (Å²) in [6, 6.07) is 17.5. The zero-order chi connectivity index (χ0) is 19.1. The molecule has 0 bridgehead atoms. The van der Waals surface area contributed by atoms with E-state index in [0.29, 0.717) is 18.1 Å². The fraction of sp³-hybridized carbons (Fsp3) is 0.238. The SMILES string of the molecule is CCN(Cc1ccccc1)c1cc(C(=O)NCc2ccccn2)nc(C)n1. The quantitative estimate of drug-likeness (QED) is 0.700. The van der Waals surface area contributed by atoms with Gasteiger partial charge in [-0.15, -0.1) is 0 Å². The Morgan fingerprint density at radius 2 is 1.85 bits per heavy atom. The number of nitrogens with zero attached hydrogens (tertiary/aromatic N) is 4. The maximum atomic E-state index is 12.5. The summed E-state index contributed by atoms with van der Waals surface area (Å²) in [5, 5.41) is 2.87. The Labute approximate surface area is 159 Å². The van der Waals surface area contributed by atoms with Gasteiger partial charge >= 0.3 is 0 Å². The molecule has 1 N–H and O–H groups in total. The number of amides is 1. The summed E-state index contributed by atoms with van der Waals surface area (Å²) in [6.45, 7) is 5.74. The molecule has 1 aromatic carbocycles. The lowest BCUT2D eigenvalue weighted by molar-refractivity contribution is 0.0945. The van der Waals surface area contributed by atoms with Gasteiger partial charge in [0.25, 0.3) is 5.91 Å². The zero-order valence-electron chi connectivity index (χ0n) is 15.6. The van der Waals surface area contributed by atoms with Gasteiger partial charge in [-0.25, -0.2) is 9.97 Å². The van der Waals surface area contributed by atoms with Crippen LogP contribution < -0.4 is 10.2 Å². The van der Waals surface area contributed by atoms with E-state index in [1.165, 1.54) is 5.56 Å². The van der Waals surface area contributed by atoms with Gasteiger partial charge in [0.1, 0.15) is 17.3 Å². The molecular formula is C21H23N5O. The van der Waals surface area contributed by atoms with E-state index in [1.54, 1.807) is 19.2 Å². The number of benzene rings is 1. The number of carbonyl (C=O) groups excluding carboxylic acids is 1. The van der Waals surface area contributed by atoms with Crippen molar-refractivity contribution in [3.05, 3.63) is 83.6 Å². The highest BCUT2D eigenvalue weighted by Crippen LogP contribution is 2.16. The lowest BCUT2D eigenvalue weighted by Crippen LogP contribution is -2.27. The Kier molecular flexibility index (Phi) is 6.10. The monoisotopic (exact) mass is 361 g/mol. The van der Waals surface area contributed by atoms with Gasteiger partial charge in [-0.1, -0.05) is 36.4 Å². The maximum Gasteiger partial charge on any atom is 0.270 e. The summed E-state index contributed by atoms with van der Waals surface area (Å²) < 4.78 is 0. The van der Waals surface area contributed by atoms with Gasteiger partial charge in [-0.3, -0.25) is 9.78 Å². The molecule has 27 heavy (non-hydrogen) atoms. The number of anilines is 1. The number of pyridine rings is 1. The van der Waals surface area contributed by atoms with Crippen LogP contribution in [0.4, 0.5) is 5.82 Å². The molecule has 2 heterocycles. The molecule has 2 aromatic heterocycles. The first kappa shape index (κ1) is 18.5. The van der Waals surface area contributed by atoms with Gasteiger partial charge in [0, 0.05) is 25.4 Å². The molecule has 6 nitrogen and oxygen atoms in total. The van der Waals surface area contributed by atoms with E-state index in [2.05, 4.69) is 44.2 Å². The number of aryl methyl sites for hydroxylation is 1. The molecule has 0 fully saturated rings. The predicted octanol–water partition coefficient (Wildman–Crippen LogP) is 3.14. The summed E-state index contributed by atoms with van der Waals surface area (Å²) in [7, 11) is 0. The van der Waals surface area contributed by atoms with E-state index in [9.17, 15) is 4.79 Å². The second-order valence-corrected chi connectivity index (χ2v) is 6.16. The van der Waals surface area contributed by atoms with Crippen molar-refractivity contribution in [3.63, 3.8) is 0 Å². The minimum absolute atomic E-state index is 0.233. The van der Waals surface area contributed by atoms with Crippen molar-refractivity contribution in [1.29, 1.82) is 0 Å². The third-order valence-corrected chi connectivity index (χ3v) is 4.14. The molecule has 1 amide bonds. The number of hydrogen-bond donors (Lipinski definition) is 1. The fourth-order valence-corrected chi connectivity index (χ4v) is 2.75. The van der Waals surface area contributed by atoms with E-state index in [-0.39, 0.29) is 5.91 Å². The van der Waals surface area contributed by atoms with Gasteiger partial charge in [0.05, 0.1) is 12.2 Å². The van der Waals surface area contributed by atoms with Crippen LogP contribution in [-0.4, -0.2) is 27.4 Å². The van der Waals surface area contributed by atoms with Crippen LogP contribution in [0.15, 0.2) is 60.8 Å². The van der Waals surface area contributed by atoms with Gasteiger partial charge in [0.2, 0.25) is 0 Å². The highest BCUT2D eigenvalue weighted by Gasteiger charge is 2.14. The van der Waals surface area contributed by atoms with Crippen molar-refractivity contribution in [2.75, 3.05) is 11.4 Å². The molecule has 3 aromatic rings. The highest BCUT2D eigenvalue weighted by molar-refractivity contribution is 5.92. The number of hydrogen-bond acceptors (Lipinski definition) is 5. The Morgan fingerprint density at radius 1 is 1.07 bits per heavy atom. The van der Waals surface area contributed by atoms with E-state index in [0.717, 1.165) is 24.6 Å². The van der Waals surface area contributed by atoms with Gasteiger partial charge in [-0.2, -0.15) is 0 Å². The average molecular weight is 361 g/mol. The molecule has 0 aliphatic carbocycles. The summed E-state index contributed by atoms with van der Waals surface area (Å²) in [5.74, 6) is 1.09. The van der Waals surface area contributed by atoms with Crippen LogP contribution in [0.2, 0.25) is 0 Å². The first-order valence-corrected chi connectivity index (χ1v) is 8.98. The molecule has 0 saturated carbocycles. The zero-order valence-corrected chi connectivity index (χ0v) is 15.6. The standard InChI is InChI=1S/C21H23N5O/c1-3-26(15-17-9-5-4-6-10-17)20-13-19(24-16(2)25-20)21(27)23-14-18-11-7-8-12-22-18/h4-13H,3,14-15H2,1-2H3,(H,23,27). The molecule has 0 aliphatic heterocycles. The van der Waals surface area contributed by atoms with Crippen molar-refractivity contribution in [2.24, 2.45) is 0 Å². The molecule has 6 heteroatoms. The first-order valence-electron chi connectivity index (χ1n) is 8.98. The number of rotatable bonds is 7. The third kappa shape index (κ3) is 5.10. The Hall–Kier alpha value is -3.28. The van der Waals surface area contributed by atoms with Gasteiger partial charge < -0.3 is 10.2 Å². The largest absolute Gasteiger partial charge is 0.352 e. The fourth-order valence-electron chi connectivity index (χ4n) is 2.75. The molecule has 138 valence electrons. The van der Waals surface area contributed by atoms with E-state index >= 15 is 0 Å². The maximum absolute atomic E-state index is 12.5. The van der Waals surface area contributed by atoms with Crippen molar-refractivity contribution >= 4 is 11.7 Å². The number of nitrogens with one attached hydrogen (secondary N) is 1. The van der Waals surface area contributed by atoms with Crippen LogP contribution in [0.1, 0.15) is 34.5 Å². The summed E-state index contributed by atoms with van der Waals surface area (Å²) in [6.07, 6.45) is 1.71. The number of carbonyl (C=O) groups is 1. The first-order chi connectivity index (χ1) is 13.2. The van der Waals surface area contributed by atoms with Crippen molar-refractivity contribution in [3.8, 4) is 0 Å². The lowest BCUT2D eigenvalue weighted by atomic mass is 10.2. The van der Waals surface area contributed by atoms with Crippen LogP contribution in [0.5, 0.6) is 0 Å². The summed E-state index contributed by atoms with van der Waals surface area (Å²) >= 11 is 0. The minimum atomic E-state index is -0.233. The van der Waals surface area contributed by atoms with Crippen LogP contribution in [0, 0.1) is 6.92 Å². The van der Waals surface area contributed by atoms with E-state index < -0.39 is 0 Å². The topological polar surface area (TPSA) is 71.0 Å². The molecule has 0 unspecified atom stereocenters. The molecule has 0 radical (unpaired) electrons. The van der Waals surface area contributed by atoms with Crippen molar-refractivity contribution in [2.45, 2.75) is 26.9 Å². The Bertz CT molecular complexity index is 884. The second-order valence-electron chi connectivity index (χ2n) is 6.16. The van der Waals surface area contributed by atoms with Gasteiger partial charge in [-0.05, 0) is 31.5 Å². The van der Waals surface area contributed by atoms with Crippen LogP contribution >= 0.6 is 0 Å². The molecule has 0 aliphatic rings.